The molecule has 0 saturated carbocycles. The number of rotatable bonds is 10. The SMILES string of the molecule is CCCN(Cc1c(C)nn(-c2ccccc2)c1Oc1cccc(F)c1)C[C@@H](O)CC. The quantitative estimate of drug-likeness (QED) is 0.505. The van der Waals surface area contributed by atoms with E-state index < -0.39 is 0 Å². The van der Waals surface area contributed by atoms with Crippen molar-refractivity contribution in [3.63, 3.8) is 0 Å². The van der Waals surface area contributed by atoms with Crippen molar-refractivity contribution in [1.82, 2.24) is 14.7 Å². The number of hydrogen-bond donors (Lipinski definition) is 1. The Hall–Kier alpha value is -2.70. The molecule has 0 bridgehead atoms. The van der Waals surface area contributed by atoms with Crippen LogP contribution in [0.5, 0.6) is 11.6 Å². The van der Waals surface area contributed by atoms with Crippen molar-refractivity contribution < 1.29 is 14.2 Å². The molecule has 0 unspecified atom stereocenters. The first kappa shape index (κ1) is 22.0. The average Bonchev–Trinajstić information content (AvgIpc) is 3.04. The average molecular weight is 412 g/mol. The molecule has 3 rings (SSSR count). The summed E-state index contributed by atoms with van der Waals surface area (Å²) >= 11 is 0. The molecule has 0 aliphatic carbocycles. The van der Waals surface area contributed by atoms with E-state index in [-0.39, 0.29) is 11.9 Å². The van der Waals surface area contributed by atoms with Crippen LogP contribution in [0.3, 0.4) is 0 Å². The molecule has 0 aliphatic rings. The number of aromatic nitrogens is 2. The van der Waals surface area contributed by atoms with E-state index in [1.807, 2.05) is 44.2 Å². The van der Waals surface area contributed by atoms with Gasteiger partial charge in [0.15, 0.2) is 0 Å². The predicted octanol–water partition coefficient (Wildman–Crippen LogP) is 5.10. The summed E-state index contributed by atoms with van der Waals surface area (Å²) in [4.78, 5) is 2.21. The van der Waals surface area contributed by atoms with Crippen LogP contribution in [0.15, 0.2) is 54.6 Å². The van der Waals surface area contributed by atoms with Crippen LogP contribution < -0.4 is 4.74 Å². The molecule has 6 heteroatoms. The number of hydrogen-bond acceptors (Lipinski definition) is 4. The third kappa shape index (κ3) is 5.46. The van der Waals surface area contributed by atoms with Crippen molar-refractivity contribution >= 4 is 0 Å². The number of aryl methyl sites for hydroxylation is 1. The summed E-state index contributed by atoms with van der Waals surface area (Å²) in [6, 6.07) is 15.9. The molecule has 2 aromatic carbocycles. The molecule has 0 radical (unpaired) electrons. The van der Waals surface area contributed by atoms with Gasteiger partial charge in [0.1, 0.15) is 11.6 Å². The Morgan fingerprint density at radius 3 is 2.57 bits per heavy atom. The lowest BCUT2D eigenvalue weighted by Crippen LogP contribution is -2.32. The summed E-state index contributed by atoms with van der Waals surface area (Å²) in [6.07, 6.45) is 1.30. The minimum absolute atomic E-state index is 0.352. The Balaban J connectivity index is 2.01. The fourth-order valence-electron chi connectivity index (χ4n) is 3.41. The smallest absolute Gasteiger partial charge is 0.227 e. The van der Waals surface area contributed by atoms with Gasteiger partial charge in [0.2, 0.25) is 5.88 Å². The van der Waals surface area contributed by atoms with Gasteiger partial charge in [-0.25, -0.2) is 9.07 Å². The molecule has 0 aliphatic heterocycles. The molecule has 0 amide bonds. The molecule has 1 N–H and O–H groups in total. The second kappa shape index (κ2) is 10.4. The van der Waals surface area contributed by atoms with Gasteiger partial charge in [-0.15, -0.1) is 0 Å². The van der Waals surface area contributed by atoms with Crippen LogP contribution >= 0.6 is 0 Å². The minimum Gasteiger partial charge on any atom is -0.438 e. The van der Waals surface area contributed by atoms with E-state index in [1.165, 1.54) is 12.1 Å². The van der Waals surface area contributed by atoms with E-state index in [9.17, 15) is 9.50 Å². The Labute approximate surface area is 177 Å². The first-order valence-corrected chi connectivity index (χ1v) is 10.5. The highest BCUT2D eigenvalue weighted by molar-refractivity contribution is 5.43. The van der Waals surface area contributed by atoms with Crippen LogP contribution in [0.25, 0.3) is 5.69 Å². The maximum absolute atomic E-state index is 13.8. The third-order valence-electron chi connectivity index (χ3n) is 5.01. The molecular formula is C24H30FN3O2. The lowest BCUT2D eigenvalue weighted by atomic mass is 10.2. The summed E-state index contributed by atoms with van der Waals surface area (Å²) in [7, 11) is 0. The number of nitrogens with zero attached hydrogens (tertiary/aromatic N) is 3. The maximum Gasteiger partial charge on any atom is 0.227 e. The molecule has 1 heterocycles. The van der Waals surface area contributed by atoms with Crippen molar-refractivity contribution in [2.45, 2.75) is 46.3 Å². The van der Waals surface area contributed by atoms with Crippen molar-refractivity contribution in [2.24, 2.45) is 0 Å². The lowest BCUT2D eigenvalue weighted by molar-refractivity contribution is 0.105. The van der Waals surface area contributed by atoms with Gasteiger partial charge in [-0.1, -0.05) is 38.1 Å². The van der Waals surface area contributed by atoms with E-state index in [2.05, 4.69) is 11.8 Å². The van der Waals surface area contributed by atoms with Gasteiger partial charge in [0.05, 0.1) is 23.0 Å². The highest BCUT2D eigenvalue weighted by Gasteiger charge is 2.22. The van der Waals surface area contributed by atoms with E-state index in [1.54, 1.807) is 16.8 Å². The molecule has 0 spiro atoms. The van der Waals surface area contributed by atoms with E-state index in [0.717, 1.165) is 29.9 Å². The molecule has 1 aromatic heterocycles. The summed E-state index contributed by atoms with van der Waals surface area (Å²) in [6.45, 7) is 8.08. The molecule has 0 fully saturated rings. The van der Waals surface area contributed by atoms with Crippen LogP contribution in [-0.2, 0) is 6.54 Å². The van der Waals surface area contributed by atoms with Gasteiger partial charge in [-0.05, 0) is 50.6 Å². The summed E-state index contributed by atoms with van der Waals surface area (Å²) in [5.74, 6) is 0.635. The molecular weight excluding hydrogens is 381 g/mol. The monoisotopic (exact) mass is 411 g/mol. The first-order chi connectivity index (χ1) is 14.5. The Bertz CT molecular complexity index is 943. The van der Waals surface area contributed by atoms with Gasteiger partial charge < -0.3 is 9.84 Å². The standard InChI is InChI=1S/C24H30FN3O2/c1-4-14-27(16-21(29)5-2)17-23-18(3)26-28(20-11-7-6-8-12-20)24(23)30-22-13-9-10-19(25)15-22/h6-13,15,21,29H,4-5,14,16-17H2,1-3H3/t21-/m0/s1. The first-order valence-electron chi connectivity index (χ1n) is 10.5. The summed E-state index contributed by atoms with van der Waals surface area (Å²) in [5, 5.41) is 14.9. The van der Waals surface area contributed by atoms with Gasteiger partial charge in [0.25, 0.3) is 0 Å². The molecule has 3 aromatic rings. The van der Waals surface area contributed by atoms with Crippen molar-refractivity contribution in [1.29, 1.82) is 0 Å². The van der Waals surface area contributed by atoms with E-state index in [4.69, 9.17) is 9.84 Å². The Kier molecular flexibility index (Phi) is 7.60. The van der Waals surface area contributed by atoms with Gasteiger partial charge >= 0.3 is 0 Å². The highest BCUT2D eigenvalue weighted by atomic mass is 19.1. The van der Waals surface area contributed by atoms with Crippen LogP contribution in [0, 0.1) is 12.7 Å². The maximum atomic E-state index is 13.8. The molecule has 1 atom stereocenters. The normalized spacial score (nSPS) is 12.3. The van der Waals surface area contributed by atoms with Crippen LogP contribution in [-0.4, -0.2) is 39.0 Å². The van der Waals surface area contributed by atoms with Crippen LogP contribution in [0.1, 0.15) is 37.9 Å². The van der Waals surface area contributed by atoms with Crippen LogP contribution in [0.4, 0.5) is 4.39 Å². The zero-order valence-electron chi connectivity index (χ0n) is 17.9. The summed E-state index contributed by atoms with van der Waals surface area (Å²) in [5.41, 5.74) is 2.64. The highest BCUT2D eigenvalue weighted by Crippen LogP contribution is 2.32. The predicted molar refractivity (Wildman–Crippen MR) is 117 cm³/mol. The summed E-state index contributed by atoms with van der Waals surface area (Å²) < 4.78 is 21.7. The molecule has 5 nitrogen and oxygen atoms in total. The van der Waals surface area contributed by atoms with Gasteiger partial charge in [-0.2, -0.15) is 5.10 Å². The number of para-hydroxylation sites is 1. The lowest BCUT2D eigenvalue weighted by Gasteiger charge is -2.24. The second-order valence-corrected chi connectivity index (χ2v) is 7.47. The van der Waals surface area contributed by atoms with E-state index in [0.29, 0.717) is 31.1 Å². The molecule has 0 saturated heterocycles. The van der Waals surface area contributed by atoms with Gasteiger partial charge in [-0.3, -0.25) is 4.90 Å². The Morgan fingerprint density at radius 2 is 1.90 bits per heavy atom. The zero-order chi connectivity index (χ0) is 21.5. The van der Waals surface area contributed by atoms with Crippen molar-refractivity contribution in [3.05, 3.63) is 71.7 Å². The number of halogens is 1. The fraction of sp³-hybridized carbons (Fsp3) is 0.375. The number of aliphatic hydroxyl groups is 1. The molecule has 160 valence electrons. The zero-order valence-corrected chi connectivity index (χ0v) is 17.9. The van der Waals surface area contributed by atoms with Crippen molar-refractivity contribution in [2.75, 3.05) is 13.1 Å². The third-order valence-corrected chi connectivity index (χ3v) is 5.01. The number of ether oxygens (including phenoxy) is 1. The number of aliphatic hydroxyl groups excluding tert-OH is 1. The van der Waals surface area contributed by atoms with Crippen LogP contribution in [0.2, 0.25) is 0 Å². The van der Waals surface area contributed by atoms with Crippen molar-refractivity contribution in [3.8, 4) is 17.3 Å². The fourth-order valence-corrected chi connectivity index (χ4v) is 3.41. The number of benzene rings is 2. The second-order valence-electron chi connectivity index (χ2n) is 7.47. The molecule has 30 heavy (non-hydrogen) atoms. The van der Waals surface area contributed by atoms with E-state index >= 15 is 0 Å². The largest absolute Gasteiger partial charge is 0.438 e. The topological polar surface area (TPSA) is 50.5 Å². The van der Waals surface area contributed by atoms with Gasteiger partial charge in [0, 0.05) is 19.2 Å². The Morgan fingerprint density at radius 1 is 1.13 bits per heavy atom. The minimum atomic E-state index is -0.381.